The van der Waals surface area contributed by atoms with E-state index in [0.29, 0.717) is 6.42 Å². The predicted octanol–water partition coefficient (Wildman–Crippen LogP) is 3.26. The van der Waals surface area contributed by atoms with Crippen LogP contribution in [0.3, 0.4) is 0 Å². The van der Waals surface area contributed by atoms with Gasteiger partial charge in [0.15, 0.2) is 5.78 Å². The first-order valence-electron chi connectivity index (χ1n) is 5.50. The Morgan fingerprint density at radius 1 is 1.12 bits per heavy atom. The fraction of sp³-hybridized carbons (Fsp3) is 0.308. The number of benzene rings is 1. The summed E-state index contributed by atoms with van der Waals surface area (Å²) < 4.78 is 12.6. The van der Waals surface area contributed by atoms with Crippen LogP contribution in [0.4, 0.5) is 10.1 Å². The molecule has 0 heterocycles. The van der Waals surface area contributed by atoms with Crippen molar-refractivity contribution in [2.45, 2.75) is 25.7 Å². The third-order valence-corrected chi connectivity index (χ3v) is 2.72. The van der Waals surface area contributed by atoms with Crippen molar-refractivity contribution in [2.24, 2.45) is 0 Å². The van der Waals surface area contributed by atoms with E-state index in [1.807, 2.05) is 0 Å². The van der Waals surface area contributed by atoms with Crippen LogP contribution in [-0.2, 0) is 4.79 Å². The lowest BCUT2D eigenvalue weighted by Crippen LogP contribution is -2.09. The average molecular weight is 219 g/mol. The normalized spacial score (nSPS) is 18.8. The van der Waals surface area contributed by atoms with E-state index in [-0.39, 0.29) is 11.6 Å². The maximum atomic E-state index is 12.6. The number of hydrogen-bond donors (Lipinski definition) is 1. The molecule has 1 fully saturated rings. The van der Waals surface area contributed by atoms with E-state index in [2.05, 4.69) is 5.32 Å². The van der Waals surface area contributed by atoms with E-state index in [1.54, 1.807) is 18.3 Å². The van der Waals surface area contributed by atoms with E-state index in [9.17, 15) is 9.18 Å². The minimum atomic E-state index is -0.257. The lowest BCUT2D eigenvalue weighted by atomic mass is 9.94. The van der Waals surface area contributed by atoms with Crippen LogP contribution in [0, 0.1) is 5.82 Å². The van der Waals surface area contributed by atoms with Gasteiger partial charge in [0.1, 0.15) is 5.82 Å². The van der Waals surface area contributed by atoms with E-state index >= 15 is 0 Å². The van der Waals surface area contributed by atoms with Gasteiger partial charge in [0.2, 0.25) is 0 Å². The molecule has 1 saturated carbocycles. The summed E-state index contributed by atoms with van der Waals surface area (Å²) >= 11 is 0. The molecule has 1 aromatic rings. The molecular weight excluding hydrogens is 205 g/mol. The maximum absolute atomic E-state index is 12.6. The molecule has 84 valence electrons. The van der Waals surface area contributed by atoms with Crippen LogP contribution in [-0.4, -0.2) is 5.78 Å². The number of nitrogens with one attached hydrogen (secondary N) is 1. The molecule has 1 N–H and O–H groups in total. The number of halogens is 1. The summed E-state index contributed by atoms with van der Waals surface area (Å²) in [6, 6.07) is 6.09. The van der Waals surface area contributed by atoms with Crippen LogP contribution in [0.25, 0.3) is 0 Å². The quantitative estimate of drug-likeness (QED) is 0.773. The molecule has 0 aliphatic heterocycles. The van der Waals surface area contributed by atoms with Crippen molar-refractivity contribution in [3.63, 3.8) is 0 Å². The van der Waals surface area contributed by atoms with Gasteiger partial charge in [-0.15, -0.1) is 0 Å². The first-order chi connectivity index (χ1) is 7.75. The summed E-state index contributed by atoms with van der Waals surface area (Å²) in [4.78, 5) is 11.5. The third-order valence-electron chi connectivity index (χ3n) is 2.72. The fourth-order valence-electron chi connectivity index (χ4n) is 1.77. The molecular formula is C13H14FNO. The molecule has 0 atom stereocenters. The summed E-state index contributed by atoms with van der Waals surface area (Å²) in [5.74, 6) is -0.0344. The SMILES string of the molecule is O=C1CCCCC1=CNc1ccc(F)cc1. The Bertz CT molecular complexity index is 408. The van der Waals surface area contributed by atoms with Crippen molar-refractivity contribution in [1.82, 2.24) is 0 Å². The molecule has 0 unspecified atom stereocenters. The number of hydrogen-bond acceptors (Lipinski definition) is 2. The lowest BCUT2D eigenvalue weighted by Gasteiger charge is -2.12. The van der Waals surface area contributed by atoms with Crippen molar-refractivity contribution in [3.8, 4) is 0 Å². The molecule has 2 rings (SSSR count). The van der Waals surface area contributed by atoms with Crippen LogP contribution in [0.1, 0.15) is 25.7 Å². The second kappa shape index (κ2) is 4.92. The summed E-state index contributed by atoms with van der Waals surface area (Å²) in [6.07, 6.45) is 5.30. The monoisotopic (exact) mass is 219 g/mol. The van der Waals surface area contributed by atoms with E-state index < -0.39 is 0 Å². The van der Waals surface area contributed by atoms with Crippen molar-refractivity contribution >= 4 is 11.5 Å². The Balaban J connectivity index is 2.02. The van der Waals surface area contributed by atoms with E-state index in [1.165, 1.54) is 12.1 Å². The van der Waals surface area contributed by atoms with Crippen LogP contribution >= 0.6 is 0 Å². The first-order valence-corrected chi connectivity index (χ1v) is 5.50. The Labute approximate surface area is 94.2 Å². The minimum absolute atomic E-state index is 0.223. The zero-order chi connectivity index (χ0) is 11.4. The van der Waals surface area contributed by atoms with Crippen molar-refractivity contribution in [2.75, 3.05) is 5.32 Å². The first kappa shape index (κ1) is 10.9. The zero-order valence-electron chi connectivity index (χ0n) is 9.00. The molecule has 0 aromatic heterocycles. The minimum Gasteiger partial charge on any atom is -0.361 e. The molecule has 2 nitrogen and oxygen atoms in total. The van der Waals surface area contributed by atoms with Gasteiger partial charge < -0.3 is 5.32 Å². The van der Waals surface area contributed by atoms with Gasteiger partial charge in [-0.05, 0) is 43.5 Å². The Morgan fingerprint density at radius 3 is 2.50 bits per heavy atom. The van der Waals surface area contributed by atoms with Crippen molar-refractivity contribution < 1.29 is 9.18 Å². The molecule has 0 bridgehead atoms. The van der Waals surface area contributed by atoms with E-state index in [4.69, 9.17) is 0 Å². The van der Waals surface area contributed by atoms with Gasteiger partial charge in [0.05, 0.1) is 0 Å². The summed E-state index contributed by atoms with van der Waals surface area (Å²) in [5, 5.41) is 3.02. The highest BCUT2D eigenvalue weighted by Gasteiger charge is 2.14. The molecule has 3 heteroatoms. The molecule has 0 radical (unpaired) electrons. The Morgan fingerprint density at radius 2 is 1.81 bits per heavy atom. The number of anilines is 1. The Kier molecular flexibility index (Phi) is 3.34. The molecule has 0 amide bonds. The summed E-state index contributed by atoms with van der Waals surface area (Å²) in [5.41, 5.74) is 1.64. The van der Waals surface area contributed by atoms with Gasteiger partial charge in [-0.3, -0.25) is 4.79 Å². The topological polar surface area (TPSA) is 29.1 Å². The standard InChI is InChI=1S/C13H14FNO/c14-11-5-7-12(8-6-11)15-9-10-3-1-2-4-13(10)16/h5-9,15H,1-4H2. The maximum Gasteiger partial charge on any atom is 0.160 e. The number of ketones is 1. The van der Waals surface area contributed by atoms with Gasteiger partial charge in [-0.2, -0.15) is 0 Å². The third kappa shape index (κ3) is 2.69. The molecule has 0 spiro atoms. The van der Waals surface area contributed by atoms with Crippen LogP contribution in [0.15, 0.2) is 36.0 Å². The highest BCUT2D eigenvalue weighted by molar-refractivity contribution is 5.96. The predicted molar refractivity (Wildman–Crippen MR) is 61.6 cm³/mol. The molecule has 1 aliphatic carbocycles. The summed E-state index contributed by atoms with van der Waals surface area (Å²) in [6.45, 7) is 0. The van der Waals surface area contributed by atoms with Crippen LogP contribution in [0.5, 0.6) is 0 Å². The second-order valence-corrected chi connectivity index (χ2v) is 3.95. The van der Waals surface area contributed by atoms with Gasteiger partial charge in [-0.25, -0.2) is 4.39 Å². The van der Waals surface area contributed by atoms with Gasteiger partial charge in [0.25, 0.3) is 0 Å². The van der Waals surface area contributed by atoms with Crippen LogP contribution < -0.4 is 5.32 Å². The van der Waals surface area contributed by atoms with Crippen molar-refractivity contribution in [3.05, 3.63) is 41.9 Å². The average Bonchev–Trinajstić information content (AvgIpc) is 2.30. The highest BCUT2D eigenvalue weighted by Crippen LogP contribution is 2.20. The molecule has 0 saturated heterocycles. The van der Waals surface area contributed by atoms with Gasteiger partial charge in [0, 0.05) is 23.9 Å². The van der Waals surface area contributed by atoms with Gasteiger partial charge >= 0.3 is 0 Å². The number of carbonyl (C=O) groups excluding carboxylic acids is 1. The van der Waals surface area contributed by atoms with E-state index in [0.717, 1.165) is 30.5 Å². The number of allylic oxidation sites excluding steroid dienone is 1. The Hall–Kier alpha value is -1.64. The summed E-state index contributed by atoms with van der Waals surface area (Å²) in [7, 11) is 0. The second-order valence-electron chi connectivity index (χ2n) is 3.95. The number of rotatable bonds is 2. The van der Waals surface area contributed by atoms with Crippen molar-refractivity contribution in [1.29, 1.82) is 0 Å². The number of carbonyl (C=O) groups is 1. The number of Topliss-reactive ketones (excluding diaryl/α,β-unsaturated/α-hetero) is 1. The fourth-order valence-corrected chi connectivity index (χ4v) is 1.77. The van der Waals surface area contributed by atoms with Crippen LogP contribution in [0.2, 0.25) is 0 Å². The molecule has 16 heavy (non-hydrogen) atoms. The molecule has 1 aliphatic rings. The molecule has 1 aromatic carbocycles. The van der Waals surface area contributed by atoms with Gasteiger partial charge in [-0.1, -0.05) is 0 Å². The largest absolute Gasteiger partial charge is 0.361 e. The smallest absolute Gasteiger partial charge is 0.160 e. The zero-order valence-corrected chi connectivity index (χ0v) is 9.00. The lowest BCUT2D eigenvalue weighted by molar-refractivity contribution is -0.116. The highest BCUT2D eigenvalue weighted by atomic mass is 19.1.